The highest BCUT2D eigenvalue weighted by molar-refractivity contribution is 7.99. The molecule has 114 valence electrons. The summed E-state index contributed by atoms with van der Waals surface area (Å²) < 4.78 is 0. The summed E-state index contributed by atoms with van der Waals surface area (Å²) in [6.07, 6.45) is 0. The lowest BCUT2D eigenvalue weighted by molar-refractivity contribution is 0.437. The van der Waals surface area contributed by atoms with E-state index in [-0.39, 0.29) is 0 Å². The molecule has 3 aromatic rings. The van der Waals surface area contributed by atoms with E-state index in [0.29, 0.717) is 22.8 Å². The monoisotopic (exact) mass is 314 g/mol. The average Bonchev–Trinajstić information content (AvgIpc) is 2.91. The smallest absolute Gasteiger partial charge is 0.184 e. The molecule has 0 aliphatic rings. The first-order chi connectivity index (χ1) is 10.6. The fourth-order valence-electron chi connectivity index (χ4n) is 2.01. The largest absolute Gasteiger partial charge is 0.382 e. The van der Waals surface area contributed by atoms with Gasteiger partial charge in [0, 0.05) is 17.9 Å². The molecule has 0 radical (unpaired) electrons. The van der Waals surface area contributed by atoms with Crippen molar-refractivity contribution in [2.75, 3.05) is 32.1 Å². The number of aromatic nitrogens is 4. The second-order valence-corrected chi connectivity index (χ2v) is 6.27. The van der Waals surface area contributed by atoms with Gasteiger partial charge in [-0.2, -0.15) is 0 Å². The minimum Gasteiger partial charge on any atom is -0.382 e. The van der Waals surface area contributed by atoms with Crippen LogP contribution in [-0.2, 0) is 0 Å². The quantitative estimate of drug-likeness (QED) is 0.703. The Kier molecular flexibility index (Phi) is 4.26. The molecule has 0 bridgehead atoms. The van der Waals surface area contributed by atoms with Crippen LogP contribution in [0.25, 0.3) is 22.6 Å². The minimum absolute atomic E-state index is 0.427. The number of hydrogen-bond acceptors (Lipinski definition) is 6. The number of nitrogen functional groups attached to an aromatic ring is 1. The first-order valence-corrected chi connectivity index (χ1v) is 7.98. The number of fused-ring (bicyclic) bond motifs is 1. The lowest BCUT2D eigenvalue weighted by Crippen LogP contribution is -2.14. The van der Waals surface area contributed by atoms with E-state index >= 15 is 0 Å². The predicted octanol–water partition coefficient (Wildman–Crippen LogP) is 2.26. The molecule has 3 rings (SSSR count). The summed E-state index contributed by atoms with van der Waals surface area (Å²) in [7, 11) is 4.10. The van der Waals surface area contributed by atoms with E-state index in [2.05, 4.69) is 38.9 Å². The summed E-state index contributed by atoms with van der Waals surface area (Å²) in [5.74, 6) is 1.98. The Morgan fingerprint density at radius 3 is 2.64 bits per heavy atom. The van der Waals surface area contributed by atoms with Gasteiger partial charge >= 0.3 is 0 Å². The third-order valence-corrected chi connectivity index (χ3v) is 4.02. The van der Waals surface area contributed by atoms with Gasteiger partial charge in [-0.15, -0.1) is 0 Å². The fraction of sp³-hybridized carbons (Fsp3) is 0.267. The Bertz CT molecular complexity index is 768. The molecule has 7 heteroatoms. The van der Waals surface area contributed by atoms with Crippen LogP contribution in [0.2, 0.25) is 0 Å². The van der Waals surface area contributed by atoms with Gasteiger partial charge < -0.3 is 15.6 Å². The van der Waals surface area contributed by atoms with E-state index in [1.807, 2.05) is 30.3 Å². The number of thioether (sulfide) groups is 1. The van der Waals surface area contributed by atoms with Crippen molar-refractivity contribution in [2.24, 2.45) is 0 Å². The molecule has 0 unspecified atom stereocenters. The van der Waals surface area contributed by atoms with E-state index in [4.69, 9.17) is 5.73 Å². The van der Waals surface area contributed by atoms with Crippen molar-refractivity contribution in [1.82, 2.24) is 24.8 Å². The van der Waals surface area contributed by atoms with Gasteiger partial charge in [0.05, 0.1) is 0 Å². The zero-order valence-electron chi connectivity index (χ0n) is 12.6. The molecule has 0 spiro atoms. The molecule has 0 atom stereocenters. The van der Waals surface area contributed by atoms with Crippen LogP contribution in [0, 0.1) is 0 Å². The van der Waals surface area contributed by atoms with Crippen molar-refractivity contribution in [3.05, 3.63) is 30.3 Å². The fourth-order valence-corrected chi connectivity index (χ4v) is 2.98. The molecule has 0 saturated carbocycles. The number of hydrogen-bond donors (Lipinski definition) is 2. The summed E-state index contributed by atoms with van der Waals surface area (Å²) in [5.41, 5.74) is 8.29. The summed E-state index contributed by atoms with van der Waals surface area (Å²) in [4.78, 5) is 18.7. The molecule has 0 amide bonds. The van der Waals surface area contributed by atoms with Crippen LogP contribution in [0.15, 0.2) is 35.5 Å². The lowest BCUT2D eigenvalue weighted by Gasteiger charge is -2.06. The highest BCUT2D eigenvalue weighted by Gasteiger charge is 2.12. The van der Waals surface area contributed by atoms with E-state index in [1.54, 1.807) is 11.8 Å². The second kappa shape index (κ2) is 6.33. The number of anilines is 1. The first-order valence-electron chi connectivity index (χ1n) is 6.99. The number of H-pyrrole nitrogens is 1. The Hall–Kier alpha value is -2.12. The molecule has 6 nitrogen and oxygen atoms in total. The third-order valence-electron chi connectivity index (χ3n) is 3.17. The summed E-state index contributed by atoms with van der Waals surface area (Å²) in [5, 5.41) is 0.822. The zero-order chi connectivity index (χ0) is 15.5. The standard InChI is InChI=1S/C15H18N6S/c1-21(2)8-9-22-15-17-11-12(16)18-13(19-14(11)20-15)10-6-4-3-5-7-10/h3-7H,8-9H2,1-2H3,(H3,16,17,18,19,20). The number of imidazole rings is 1. The highest BCUT2D eigenvalue weighted by Crippen LogP contribution is 2.24. The van der Waals surface area contributed by atoms with E-state index in [1.165, 1.54) is 0 Å². The van der Waals surface area contributed by atoms with Gasteiger partial charge in [-0.1, -0.05) is 42.1 Å². The Labute approximate surface area is 133 Å². The van der Waals surface area contributed by atoms with Crippen molar-refractivity contribution >= 4 is 28.7 Å². The molecule has 2 aromatic heterocycles. The van der Waals surface area contributed by atoms with Crippen LogP contribution in [0.3, 0.4) is 0 Å². The van der Waals surface area contributed by atoms with Crippen LogP contribution >= 0.6 is 11.8 Å². The van der Waals surface area contributed by atoms with Crippen molar-refractivity contribution < 1.29 is 0 Å². The maximum absolute atomic E-state index is 6.04. The average molecular weight is 314 g/mol. The highest BCUT2D eigenvalue weighted by atomic mass is 32.2. The maximum atomic E-state index is 6.04. The minimum atomic E-state index is 0.427. The van der Waals surface area contributed by atoms with E-state index in [9.17, 15) is 0 Å². The second-order valence-electron chi connectivity index (χ2n) is 5.19. The normalized spacial score (nSPS) is 11.4. The van der Waals surface area contributed by atoms with Crippen LogP contribution in [-0.4, -0.2) is 51.2 Å². The topological polar surface area (TPSA) is 83.7 Å². The Balaban J connectivity index is 1.90. The number of aromatic amines is 1. The third kappa shape index (κ3) is 3.20. The molecular weight excluding hydrogens is 296 g/mol. The van der Waals surface area contributed by atoms with Gasteiger partial charge in [-0.05, 0) is 14.1 Å². The molecular formula is C15H18N6S. The summed E-state index contributed by atoms with van der Waals surface area (Å²) in [6, 6.07) is 9.78. The van der Waals surface area contributed by atoms with Gasteiger partial charge in [0.25, 0.3) is 0 Å². The summed E-state index contributed by atoms with van der Waals surface area (Å²) >= 11 is 1.65. The van der Waals surface area contributed by atoms with Gasteiger partial charge in [0.1, 0.15) is 5.52 Å². The Morgan fingerprint density at radius 2 is 1.91 bits per heavy atom. The summed E-state index contributed by atoms with van der Waals surface area (Å²) in [6.45, 7) is 0.984. The van der Waals surface area contributed by atoms with Crippen LogP contribution in [0.5, 0.6) is 0 Å². The molecule has 0 fully saturated rings. The van der Waals surface area contributed by atoms with Crippen molar-refractivity contribution in [2.45, 2.75) is 5.16 Å². The van der Waals surface area contributed by atoms with Crippen molar-refractivity contribution in [3.63, 3.8) is 0 Å². The van der Waals surface area contributed by atoms with Gasteiger partial charge in [-0.25, -0.2) is 15.0 Å². The van der Waals surface area contributed by atoms with Gasteiger partial charge in [0.15, 0.2) is 22.4 Å². The van der Waals surface area contributed by atoms with Gasteiger partial charge in [-0.3, -0.25) is 0 Å². The number of nitrogens with one attached hydrogen (secondary N) is 1. The molecule has 22 heavy (non-hydrogen) atoms. The molecule has 0 aliphatic heterocycles. The molecule has 3 N–H and O–H groups in total. The van der Waals surface area contributed by atoms with Crippen LogP contribution in [0.1, 0.15) is 0 Å². The van der Waals surface area contributed by atoms with Crippen molar-refractivity contribution in [3.8, 4) is 11.4 Å². The number of nitrogens with two attached hydrogens (primary N) is 1. The van der Waals surface area contributed by atoms with Crippen LogP contribution < -0.4 is 5.73 Å². The number of benzene rings is 1. The number of nitrogens with zero attached hydrogens (tertiary/aromatic N) is 4. The first kappa shape index (κ1) is 14.8. The predicted molar refractivity (Wildman–Crippen MR) is 90.8 cm³/mol. The van der Waals surface area contributed by atoms with E-state index < -0.39 is 0 Å². The molecule has 0 aliphatic carbocycles. The van der Waals surface area contributed by atoms with Crippen molar-refractivity contribution in [1.29, 1.82) is 0 Å². The molecule has 1 aromatic carbocycles. The molecule has 2 heterocycles. The van der Waals surface area contributed by atoms with E-state index in [0.717, 1.165) is 23.0 Å². The molecule has 0 saturated heterocycles. The van der Waals surface area contributed by atoms with Gasteiger partial charge in [0.2, 0.25) is 0 Å². The number of rotatable bonds is 5. The SMILES string of the molecule is CN(C)CCSc1nc2nc(-c3ccccc3)nc(N)c2[nH]1. The van der Waals surface area contributed by atoms with Crippen LogP contribution in [0.4, 0.5) is 5.82 Å². The zero-order valence-corrected chi connectivity index (χ0v) is 13.4. The lowest BCUT2D eigenvalue weighted by atomic mass is 10.2. The maximum Gasteiger partial charge on any atom is 0.184 e. The Morgan fingerprint density at radius 1 is 1.14 bits per heavy atom.